The maximum absolute atomic E-state index is 9.08. The average Bonchev–Trinajstić information content (AvgIpc) is 2.38. The number of hydrogen-bond acceptors (Lipinski definition) is 3. The molecule has 2 rings (SSSR count). The summed E-state index contributed by atoms with van der Waals surface area (Å²) in [6.07, 6.45) is 1.69. The Morgan fingerprint density at radius 2 is 2.06 bits per heavy atom. The van der Waals surface area contributed by atoms with E-state index < -0.39 is 0 Å². The predicted molar refractivity (Wildman–Crippen MR) is 62.1 cm³/mol. The van der Waals surface area contributed by atoms with Crippen LogP contribution in [0.4, 0.5) is 0 Å². The fourth-order valence-corrected chi connectivity index (χ4v) is 1.58. The molecule has 1 N–H and O–H groups in total. The van der Waals surface area contributed by atoms with Gasteiger partial charge in [0, 0.05) is 11.8 Å². The van der Waals surface area contributed by atoms with Crippen molar-refractivity contribution in [2.24, 2.45) is 0 Å². The lowest BCUT2D eigenvalue weighted by Gasteiger charge is -2.08. The van der Waals surface area contributed by atoms with Gasteiger partial charge >= 0.3 is 0 Å². The van der Waals surface area contributed by atoms with Crippen LogP contribution in [-0.4, -0.2) is 17.2 Å². The highest BCUT2D eigenvalue weighted by molar-refractivity contribution is 5.67. The number of hydrogen-bond donors (Lipinski definition) is 1. The molecule has 82 valence electrons. The minimum atomic E-state index is 0.0185. The first-order valence-electron chi connectivity index (χ1n) is 5.04. The van der Waals surface area contributed by atoms with Crippen LogP contribution in [0.15, 0.2) is 42.6 Å². The normalized spacial score (nSPS) is 10.1. The Kier molecular flexibility index (Phi) is 3.17. The quantitative estimate of drug-likeness (QED) is 0.853. The van der Waals surface area contributed by atoms with Gasteiger partial charge in [-0.05, 0) is 29.8 Å². The van der Waals surface area contributed by atoms with Crippen molar-refractivity contribution in [3.63, 3.8) is 0 Å². The van der Waals surface area contributed by atoms with Crippen LogP contribution in [0.5, 0.6) is 5.75 Å². The summed E-state index contributed by atoms with van der Waals surface area (Å²) in [6.45, 7) is 0.0185. The maximum Gasteiger partial charge on any atom is 0.128 e. The lowest BCUT2D eigenvalue weighted by molar-refractivity contribution is 0.282. The van der Waals surface area contributed by atoms with Gasteiger partial charge in [-0.1, -0.05) is 12.1 Å². The number of para-hydroxylation sites is 1. The maximum atomic E-state index is 9.08. The first-order chi connectivity index (χ1) is 7.85. The van der Waals surface area contributed by atoms with Gasteiger partial charge in [-0.3, -0.25) is 4.98 Å². The number of ether oxygens (including phenoxy) is 1. The molecule has 1 heterocycles. The Hall–Kier alpha value is -1.87. The summed E-state index contributed by atoms with van der Waals surface area (Å²) in [4.78, 5) is 4.28. The molecule has 0 saturated heterocycles. The van der Waals surface area contributed by atoms with Crippen molar-refractivity contribution in [1.29, 1.82) is 0 Å². The number of benzene rings is 1. The lowest BCUT2D eigenvalue weighted by atomic mass is 10.1. The highest BCUT2D eigenvalue weighted by Crippen LogP contribution is 2.28. The number of rotatable bonds is 3. The van der Waals surface area contributed by atoms with Crippen LogP contribution in [-0.2, 0) is 6.61 Å². The molecule has 0 radical (unpaired) electrons. The molecule has 0 saturated carbocycles. The molecule has 0 fully saturated rings. The number of nitrogens with zero attached hydrogens (tertiary/aromatic N) is 1. The number of pyridine rings is 1. The van der Waals surface area contributed by atoms with Gasteiger partial charge in [0.05, 0.1) is 19.4 Å². The van der Waals surface area contributed by atoms with E-state index in [0.717, 1.165) is 22.6 Å². The van der Waals surface area contributed by atoms with E-state index in [9.17, 15) is 0 Å². The van der Waals surface area contributed by atoms with Gasteiger partial charge in [-0.25, -0.2) is 0 Å². The van der Waals surface area contributed by atoms with Crippen molar-refractivity contribution in [1.82, 2.24) is 4.98 Å². The van der Waals surface area contributed by atoms with Gasteiger partial charge in [0.2, 0.25) is 0 Å². The van der Waals surface area contributed by atoms with Gasteiger partial charge in [0.1, 0.15) is 5.75 Å². The van der Waals surface area contributed by atoms with E-state index in [2.05, 4.69) is 4.98 Å². The molecule has 3 nitrogen and oxygen atoms in total. The van der Waals surface area contributed by atoms with Crippen molar-refractivity contribution in [2.45, 2.75) is 6.61 Å². The molecule has 0 atom stereocenters. The largest absolute Gasteiger partial charge is 0.496 e. The second-order valence-electron chi connectivity index (χ2n) is 3.41. The van der Waals surface area contributed by atoms with Gasteiger partial charge in [0.25, 0.3) is 0 Å². The first kappa shape index (κ1) is 10.6. The third-order valence-electron chi connectivity index (χ3n) is 2.39. The molecule has 2 aromatic rings. The van der Waals surface area contributed by atoms with Crippen LogP contribution in [0.3, 0.4) is 0 Å². The smallest absolute Gasteiger partial charge is 0.128 e. The van der Waals surface area contributed by atoms with Crippen molar-refractivity contribution < 1.29 is 9.84 Å². The Morgan fingerprint density at radius 3 is 2.81 bits per heavy atom. The molecule has 0 unspecified atom stereocenters. The van der Waals surface area contributed by atoms with Crippen LogP contribution >= 0.6 is 0 Å². The topological polar surface area (TPSA) is 42.4 Å². The zero-order chi connectivity index (χ0) is 11.4. The molecule has 1 aromatic heterocycles. The highest BCUT2D eigenvalue weighted by atomic mass is 16.5. The zero-order valence-electron chi connectivity index (χ0n) is 9.05. The molecule has 0 aliphatic rings. The predicted octanol–water partition coefficient (Wildman–Crippen LogP) is 2.25. The van der Waals surface area contributed by atoms with Crippen molar-refractivity contribution in [2.75, 3.05) is 7.11 Å². The fraction of sp³-hybridized carbons (Fsp3) is 0.154. The summed E-state index contributed by atoms with van der Waals surface area (Å²) in [6, 6.07) is 11.3. The van der Waals surface area contributed by atoms with Gasteiger partial charge in [-0.2, -0.15) is 0 Å². The lowest BCUT2D eigenvalue weighted by Crippen LogP contribution is -1.91. The molecule has 0 spiro atoms. The van der Waals surface area contributed by atoms with E-state index in [1.165, 1.54) is 0 Å². The SMILES string of the molecule is COc1ccccc1-c1cc(CO)ccn1. The summed E-state index contributed by atoms with van der Waals surface area (Å²) < 4.78 is 5.27. The number of aliphatic hydroxyl groups is 1. The summed E-state index contributed by atoms with van der Waals surface area (Å²) in [5.74, 6) is 0.782. The number of aliphatic hydroxyl groups excluding tert-OH is 1. The molecular weight excluding hydrogens is 202 g/mol. The molecule has 16 heavy (non-hydrogen) atoms. The molecule has 0 amide bonds. The van der Waals surface area contributed by atoms with Crippen LogP contribution in [0, 0.1) is 0 Å². The van der Waals surface area contributed by atoms with E-state index >= 15 is 0 Å². The second-order valence-corrected chi connectivity index (χ2v) is 3.41. The summed E-state index contributed by atoms with van der Waals surface area (Å²) in [5, 5.41) is 9.08. The van der Waals surface area contributed by atoms with E-state index in [1.807, 2.05) is 30.3 Å². The third kappa shape index (κ3) is 2.04. The molecule has 0 aliphatic heterocycles. The molecular formula is C13H13NO2. The van der Waals surface area contributed by atoms with E-state index in [4.69, 9.17) is 9.84 Å². The standard InChI is InChI=1S/C13H13NO2/c1-16-13-5-3-2-4-11(13)12-8-10(9-15)6-7-14-12/h2-8,15H,9H2,1H3. The second kappa shape index (κ2) is 4.77. The Bertz CT molecular complexity index is 483. The van der Waals surface area contributed by atoms with E-state index in [0.29, 0.717) is 0 Å². The minimum Gasteiger partial charge on any atom is -0.496 e. The molecule has 0 aliphatic carbocycles. The third-order valence-corrected chi connectivity index (χ3v) is 2.39. The number of aromatic nitrogens is 1. The van der Waals surface area contributed by atoms with Crippen LogP contribution in [0.25, 0.3) is 11.3 Å². The summed E-state index contributed by atoms with van der Waals surface area (Å²) in [7, 11) is 1.63. The Labute approximate surface area is 94.3 Å². The van der Waals surface area contributed by atoms with Crippen LogP contribution < -0.4 is 4.74 Å². The molecule has 1 aromatic carbocycles. The highest BCUT2D eigenvalue weighted by Gasteiger charge is 2.06. The van der Waals surface area contributed by atoms with Crippen molar-refractivity contribution in [3.8, 4) is 17.0 Å². The van der Waals surface area contributed by atoms with Crippen molar-refractivity contribution in [3.05, 3.63) is 48.2 Å². The Morgan fingerprint density at radius 1 is 1.25 bits per heavy atom. The molecule has 3 heteroatoms. The van der Waals surface area contributed by atoms with Crippen LogP contribution in [0.1, 0.15) is 5.56 Å². The average molecular weight is 215 g/mol. The van der Waals surface area contributed by atoms with Gasteiger partial charge in [-0.15, -0.1) is 0 Å². The first-order valence-corrected chi connectivity index (χ1v) is 5.04. The van der Waals surface area contributed by atoms with E-state index in [-0.39, 0.29) is 6.61 Å². The van der Waals surface area contributed by atoms with Crippen molar-refractivity contribution >= 4 is 0 Å². The molecule has 0 bridgehead atoms. The van der Waals surface area contributed by atoms with Gasteiger partial charge in [0.15, 0.2) is 0 Å². The van der Waals surface area contributed by atoms with Crippen LogP contribution in [0.2, 0.25) is 0 Å². The minimum absolute atomic E-state index is 0.0185. The van der Waals surface area contributed by atoms with E-state index in [1.54, 1.807) is 19.4 Å². The number of methoxy groups -OCH3 is 1. The Balaban J connectivity index is 2.49. The summed E-state index contributed by atoms with van der Waals surface area (Å²) in [5.41, 5.74) is 2.58. The fourth-order valence-electron chi connectivity index (χ4n) is 1.58. The summed E-state index contributed by atoms with van der Waals surface area (Å²) >= 11 is 0. The van der Waals surface area contributed by atoms with Gasteiger partial charge < -0.3 is 9.84 Å². The monoisotopic (exact) mass is 215 g/mol. The zero-order valence-corrected chi connectivity index (χ0v) is 9.05.